The first-order valence-corrected chi connectivity index (χ1v) is 28.0. The number of esters is 3. The first kappa shape index (κ1) is 63.8. The quantitative estimate of drug-likeness (QED) is 0.0558. The fraction of sp³-hybridized carbons (Fsp3) is 0.397. The molecule has 3 aromatic heterocycles. The van der Waals surface area contributed by atoms with Gasteiger partial charge in [-0.05, 0) is 87.7 Å². The molecule has 0 spiro atoms. The zero-order valence-corrected chi connectivity index (χ0v) is 50.1. The largest absolute Gasteiger partial charge is 0.497 e. The SMILES string of the molecule is COC(=O)c1cc(=O)n(CC2OCCO2)c2cc(OC)ccc12.COC(=O)c1cc(=O)n(CC=O)c2cc(OC)ccc12.COC(=O)c1cc(=O)n(CCN2CCC(N(Cc3ccc4c(c3)OCCO4)C(=O)OC(C)(C)C)CC2)c2cc(OC)ccc12. The van der Waals surface area contributed by atoms with Gasteiger partial charge in [0.15, 0.2) is 17.8 Å². The van der Waals surface area contributed by atoms with Gasteiger partial charge in [0, 0.05) is 91.3 Å². The predicted octanol–water partition coefficient (Wildman–Crippen LogP) is 6.63. The lowest BCUT2D eigenvalue weighted by atomic mass is 10.0. The second-order valence-corrected chi connectivity index (χ2v) is 21.2. The summed E-state index contributed by atoms with van der Waals surface area (Å²) >= 11 is 0. The number of likely N-dealkylation sites (tertiary alicyclic amines) is 1. The first-order valence-electron chi connectivity index (χ1n) is 28.0. The van der Waals surface area contributed by atoms with Crippen LogP contribution < -0.4 is 40.4 Å². The molecule has 6 heterocycles. The minimum atomic E-state index is -0.620. The van der Waals surface area contributed by atoms with E-state index in [-0.39, 0.29) is 53.0 Å². The van der Waals surface area contributed by atoms with Crippen LogP contribution >= 0.6 is 0 Å². The highest BCUT2D eigenvalue weighted by Crippen LogP contribution is 2.33. The normalized spacial score (nSPS) is 14.2. The van der Waals surface area contributed by atoms with Gasteiger partial charge >= 0.3 is 24.0 Å². The third kappa shape index (κ3) is 15.2. The summed E-state index contributed by atoms with van der Waals surface area (Å²) in [5, 5.41) is 1.76. The Morgan fingerprint density at radius 3 is 1.49 bits per heavy atom. The zero-order chi connectivity index (χ0) is 62.5. The molecule has 10 rings (SSSR count). The van der Waals surface area contributed by atoms with Gasteiger partial charge in [0.2, 0.25) is 0 Å². The van der Waals surface area contributed by atoms with E-state index in [1.54, 1.807) is 66.3 Å². The van der Waals surface area contributed by atoms with Crippen molar-refractivity contribution in [3.8, 4) is 28.7 Å². The third-order valence-corrected chi connectivity index (χ3v) is 14.7. The summed E-state index contributed by atoms with van der Waals surface area (Å²) in [6.45, 7) is 10.7. The number of nitrogens with zero attached hydrogens (tertiary/aromatic N) is 5. The van der Waals surface area contributed by atoms with Crippen molar-refractivity contribution in [2.45, 2.75) is 77.7 Å². The molecule has 87 heavy (non-hydrogen) atoms. The minimum Gasteiger partial charge on any atom is -0.497 e. The lowest BCUT2D eigenvalue weighted by Crippen LogP contribution is -2.49. The topological polar surface area (TPSA) is 259 Å². The van der Waals surface area contributed by atoms with E-state index in [0.717, 1.165) is 31.5 Å². The van der Waals surface area contributed by atoms with Gasteiger partial charge in [-0.3, -0.25) is 14.4 Å². The molecule has 0 aliphatic carbocycles. The number of fused-ring (bicyclic) bond motifs is 4. The van der Waals surface area contributed by atoms with Crippen molar-refractivity contribution in [3.63, 3.8) is 0 Å². The molecule has 0 N–H and O–H groups in total. The number of carbonyl (C=O) groups excluding carboxylic acids is 5. The van der Waals surface area contributed by atoms with Crippen LogP contribution in [-0.2, 0) is 59.4 Å². The summed E-state index contributed by atoms with van der Waals surface area (Å²) in [7, 11) is 8.42. The van der Waals surface area contributed by atoms with E-state index < -0.39 is 35.4 Å². The molecule has 462 valence electrons. The summed E-state index contributed by atoms with van der Waals surface area (Å²) in [4.78, 5) is 102. The van der Waals surface area contributed by atoms with Crippen LogP contribution in [0.1, 0.15) is 70.3 Å². The number of aldehydes is 1. The van der Waals surface area contributed by atoms with Gasteiger partial charge in [0.1, 0.15) is 42.3 Å². The van der Waals surface area contributed by atoms with Crippen LogP contribution in [0.5, 0.6) is 28.7 Å². The standard InChI is InChI=1S/C33H41N3O8.C16H17NO6.C14H13NO5/c1-33(2,3)44-32(39)36(21-22-6-9-28-29(18-22)43-17-16-42-28)23-10-12-34(13-11-23)14-15-35-27-19-24(40-4)7-8-25(27)26(20-30(35)37)31(38)41-5;1-20-10-3-4-11-12(16(19)21-2)8-14(18)17(13(11)7-10)9-15-22-5-6-23-15;1-19-9-3-4-10-11(14(18)20-2)8-13(17)15(5-6-16)12(10)7-9/h6-9,18-20,23H,10-17,21H2,1-5H3;3-4,7-8,15H,5-6,9H2,1-2H3;3-4,6-8H,5H2,1-2H3. The van der Waals surface area contributed by atoms with Gasteiger partial charge in [-0.2, -0.15) is 0 Å². The van der Waals surface area contributed by atoms with E-state index >= 15 is 0 Å². The van der Waals surface area contributed by atoms with Crippen LogP contribution in [0.2, 0.25) is 0 Å². The van der Waals surface area contributed by atoms with Crippen LogP contribution in [0.25, 0.3) is 32.7 Å². The van der Waals surface area contributed by atoms with Gasteiger partial charge in [-0.25, -0.2) is 19.2 Å². The van der Waals surface area contributed by atoms with Crippen LogP contribution in [0.3, 0.4) is 0 Å². The Bertz CT molecular complexity index is 3850. The van der Waals surface area contributed by atoms with Crippen LogP contribution in [0.4, 0.5) is 4.79 Å². The van der Waals surface area contributed by atoms with Crippen molar-refractivity contribution in [2.75, 3.05) is 88.7 Å². The predicted molar refractivity (Wildman–Crippen MR) is 319 cm³/mol. The van der Waals surface area contributed by atoms with Crippen molar-refractivity contribution in [1.82, 2.24) is 23.5 Å². The summed E-state index contributed by atoms with van der Waals surface area (Å²) in [6, 6.07) is 24.9. The summed E-state index contributed by atoms with van der Waals surface area (Å²) in [5.41, 5.74) is 1.51. The smallest absolute Gasteiger partial charge is 0.410 e. The van der Waals surface area contributed by atoms with Gasteiger partial charge in [-0.15, -0.1) is 0 Å². The van der Waals surface area contributed by atoms with Gasteiger partial charge < -0.3 is 80.4 Å². The number of pyridine rings is 3. The maximum absolute atomic E-state index is 13.4. The number of benzene rings is 4. The average Bonchev–Trinajstić information content (AvgIpc) is 2.42. The van der Waals surface area contributed by atoms with E-state index in [2.05, 4.69) is 9.64 Å². The number of hydrogen-bond donors (Lipinski definition) is 0. The molecule has 4 aromatic carbocycles. The van der Waals surface area contributed by atoms with Crippen LogP contribution in [-0.4, -0.2) is 160 Å². The van der Waals surface area contributed by atoms with Crippen molar-refractivity contribution in [2.24, 2.45) is 0 Å². The molecule has 2 fully saturated rings. The fourth-order valence-electron chi connectivity index (χ4n) is 10.4. The highest BCUT2D eigenvalue weighted by atomic mass is 16.7. The van der Waals surface area contributed by atoms with Crippen molar-refractivity contribution < 1.29 is 76.1 Å². The van der Waals surface area contributed by atoms with Gasteiger partial charge in [0.05, 0.1) is 102 Å². The van der Waals surface area contributed by atoms with E-state index in [1.807, 2.05) is 43.9 Å². The first-order chi connectivity index (χ1) is 41.8. The molecule has 7 aromatic rings. The van der Waals surface area contributed by atoms with Crippen molar-refractivity contribution in [3.05, 3.63) is 144 Å². The second kappa shape index (κ2) is 28.8. The highest BCUT2D eigenvalue weighted by Gasteiger charge is 2.32. The lowest BCUT2D eigenvalue weighted by molar-refractivity contribution is -0.108. The summed E-state index contributed by atoms with van der Waals surface area (Å²) in [6.07, 6.45) is 1.32. The van der Waals surface area contributed by atoms with Crippen LogP contribution in [0, 0.1) is 0 Å². The Balaban J connectivity index is 0.000000190. The Labute approximate surface area is 500 Å². The number of ether oxygens (including phenoxy) is 11. The molecule has 1 amide bonds. The summed E-state index contributed by atoms with van der Waals surface area (Å²) < 4.78 is 62.6. The molecule has 0 atom stereocenters. The highest BCUT2D eigenvalue weighted by molar-refractivity contribution is 6.05. The van der Waals surface area contributed by atoms with E-state index in [1.165, 1.54) is 62.9 Å². The van der Waals surface area contributed by atoms with Crippen molar-refractivity contribution >= 4 is 63.0 Å². The molecule has 24 heteroatoms. The maximum atomic E-state index is 13.4. The third-order valence-electron chi connectivity index (χ3n) is 14.7. The van der Waals surface area contributed by atoms with Gasteiger partial charge in [-0.1, -0.05) is 6.07 Å². The molecule has 0 bridgehead atoms. The maximum Gasteiger partial charge on any atom is 0.410 e. The minimum absolute atomic E-state index is 0.0125. The van der Waals surface area contributed by atoms with E-state index in [4.69, 9.17) is 47.4 Å². The number of amides is 1. The number of hydrogen-bond acceptors (Lipinski definition) is 20. The fourth-order valence-corrected chi connectivity index (χ4v) is 10.4. The molecule has 3 aliphatic heterocycles. The molecule has 0 radical (unpaired) electrons. The molecular formula is C63H71N5O19. The Morgan fingerprint density at radius 1 is 0.563 bits per heavy atom. The second-order valence-electron chi connectivity index (χ2n) is 21.2. The molecule has 3 aliphatic rings. The van der Waals surface area contributed by atoms with Crippen molar-refractivity contribution in [1.29, 1.82) is 0 Å². The van der Waals surface area contributed by atoms with E-state index in [0.29, 0.717) is 114 Å². The molecule has 24 nitrogen and oxygen atoms in total. The Morgan fingerprint density at radius 2 is 1.02 bits per heavy atom. The monoisotopic (exact) mass is 1200 g/mol. The Kier molecular flexibility index (Phi) is 21.1. The number of carbonyl (C=O) groups is 5. The number of methoxy groups -OCH3 is 6. The number of aromatic nitrogens is 3. The Hall–Kier alpha value is -9.26. The van der Waals surface area contributed by atoms with E-state index in [9.17, 15) is 38.4 Å². The lowest BCUT2D eigenvalue weighted by Gasteiger charge is -2.39. The molecule has 0 saturated carbocycles. The molecule has 0 unspecified atom stereocenters. The zero-order valence-electron chi connectivity index (χ0n) is 50.1. The summed E-state index contributed by atoms with van der Waals surface area (Å²) in [5.74, 6) is 1.38. The van der Waals surface area contributed by atoms with Crippen LogP contribution in [0.15, 0.2) is 105 Å². The molecular weight excluding hydrogens is 1130 g/mol. The molecule has 2 saturated heterocycles. The van der Waals surface area contributed by atoms with Gasteiger partial charge in [0.25, 0.3) is 16.7 Å². The average molecular weight is 1200 g/mol. The number of rotatable bonds is 16. The number of piperidine rings is 1.